The molecule has 1 fully saturated rings. The van der Waals surface area contributed by atoms with Crippen LogP contribution in [0.2, 0.25) is 0 Å². The van der Waals surface area contributed by atoms with Crippen molar-refractivity contribution in [2.24, 2.45) is 0 Å². The molecule has 7 heteroatoms. The van der Waals surface area contributed by atoms with E-state index in [4.69, 9.17) is 19.9 Å². The third-order valence-corrected chi connectivity index (χ3v) is 4.27. The molecule has 0 spiro atoms. The highest BCUT2D eigenvalue weighted by Crippen LogP contribution is 2.35. The molecule has 3 heterocycles. The largest absolute Gasteiger partial charge is 0.486 e. The van der Waals surface area contributed by atoms with Gasteiger partial charge in [0.2, 0.25) is 0 Å². The number of hydrogen-bond donors (Lipinski definition) is 1. The van der Waals surface area contributed by atoms with Gasteiger partial charge in [0.1, 0.15) is 25.1 Å². The van der Waals surface area contributed by atoms with E-state index in [0.29, 0.717) is 55.8 Å². The zero-order valence-electron chi connectivity index (χ0n) is 13.7. The second-order valence-corrected chi connectivity index (χ2v) is 5.93. The molecule has 25 heavy (non-hydrogen) atoms. The summed E-state index contributed by atoms with van der Waals surface area (Å²) in [5.41, 5.74) is 6.99. The van der Waals surface area contributed by atoms with Crippen molar-refractivity contribution >= 4 is 11.7 Å². The van der Waals surface area contributed by atoms with Crippen molar-refractivity contribution in [1.82, 2.24) is 9.88 Å². The van der Waals surface area contributed by atoms with Crippen LogP contribution in [0.4, 0.5) is 5.82 Å². The standard InChI is InChI=1S/C18H19N3O4/c19-16-6-2-4-13(20-16)15-11-21(7-8-23-15)18(22)12-3-1-5-14-17(12)25-10-9-24-14/h1-6,15H,7-11H2,(H2,19,20)/t15-/m1/s1. The average molecular weight is 341 g/mol. The highest BCUT2D eigenvalue weighted by atomic mass is 16.6. The Morgan fingerprint density at radius 2 is 1.96 bits per heavy atom. The third kappa shape index (κ3) is 3.10. The minimum Gasteiger partial charge on any atom is -0.486 e. The van der Waals surface area contributed by atoms with E-state index in [2.05, 4.69) is 4.98 Å². The lowest BCUT2D eigenvalue weighted by atomic mass is 10.1. The summed E-state index contributed by atoms with van der Waals surface area (Å²) in [5, 5.41) is 0. The molecule has 0 saturated carbocycles. The molecule has 1 saturated heterocycles. The van der Waals surface area contributed by atoms with Crippen LogP contribution in [0.15, 0.2) is 36.4 Å². The van der Waals surface area contributed by atoms with Crippen molar-refractivity contribution in [2.45, 2.75) is 6.10 Å². The van der Waals surface area contributed by atoms with E-state index in [0.717, 1.165) is 5.69 Å². The van der Waals surface area contributed by atoms with E-state index in [1.54, 1.807) is 23.1 Å². The summed E-state index contributed by atoms with van der Waals surface area (Å²) < 4.78 is 17.0. The van der Waals surface area contributed by atoms with E-state index < -0.39 is 0 Å². The molecule has 130 valence electrons. The summed E-state index contributed by atoms with van der Waals surface area (Å²) in [6.45, 7) is 2.31. The molecule has 0 radical (unpaired) electrons. The SMILES string of the molecule is Nc1cccc([C@H]2CN(C(=O)c3cccc4c3OCCO4)CCO2)n1. The van der Waals surface area contributed by atoms with Gasteiger partial charge in [-0.05, 0) is 24.3 Å². The smallest absolute Gasteiger partial charge is 0.257 e. The van der Waals surface area contributed by atoms with Crippen LogP contribution in [0.25, 0.3) is 0 Å². The second-order valence-electron chi connectivity index (χ2n) is 5.93. The monoisotopic (exact) mass is 341 g/mol. The Hall–Kier alpha value is -2.80. The first-order valence-electron chi connectivity index (χ1n) is 8.24. The van der Waals surface area contributed by atoms with Crippen molar-refractivity contribution in [3.63, 3.8) is 0 Å². The van der Waals surface area contributed by atoms with Crippen LogP contribution in [0.1, 0.15) is 22.2 Å². The Bertz CT molecular complexity index is 796. The number of nitrogens with two attached hydrogens (primary N) is 1. The summed E-state index contributed by atoms with van der Waals surface area (Å²) in [4.78, 5) is 19.1. The lowest BCUT2D eigenvalue weighted by Crippen LogP contribution is -2.42. The Balaban J connectivity index is 1.56. The molecule has 1 aromatic carbocycles. The molecule has 2 aliphatic heterocycles. The Labute approximate surface area is 145 Å². The normalized spacial score (nSPS) is 19.5. The van der Waals surface area contributed by atoms with Gasteiger partial charge in [0.05, 0.1) is 24.4 Å². The molecule has 2 aromatic rings. The van der Waals surface area contributed by atoms with Crippen molar-refractivity contribution < 1.29 is 19.0 Å². The molecule has 2 aliphatic rings. The highest BCUT2D eigenvalue weighted by molar-refractivity contribution is 5.98. The molecular formula is C18H19N3O4. The molecule has 1 atom stereocenters. The van der Waals surface area contributed by atoms with E-state index >= 15 is 0 Å². The minimum absolute atomic E-state index is 0.0976. The first-order valence-corrected chi connectivity index (χ1v) is 8.24. The number of anilines is 1. The highest BCUT2D eigenvalue weighted by Gasteiger charge is 2.30. The maximum absolute atomic E-state index is 13.0. The number of rotatable bonds is 2. The van der Waals surface area contributed by atoms with Crippen LogP contribution in [-0.2, 0) is 4.74 Å². The van der Waals surface area contributed by atoms with Crippen LogP contribution in [-0.4, -0.2) is 48.7 Å². The lowest BCUT2D eigenvalue weighted by Gasteiger charge is -2.33. The van der Waals surface area contributed by atoms with Gasteiger partial charge in [-0.3, -0.25) is 4.79 Å². The number of nitrogen functional groups attached to an aromatic ring is 1. The van der Waals surface area contributed by atoms with Gasteiger partial charge in [0.25, 0.3) is 5.91 Å². The van der Waals surface area contributed by atoms with Crippen LogP contribution in [0, 0.1) is 0 Å². The van der Waals surface area contributed by atoms with Gasteiger partial charge in [0.15, 0.2) is 11.5 Å². The fourth-order valence-corrected chi connectivity index (χ4v) is 3.07. The zero-order valence-corrected chi connectivity index (χ0v) is 13.7. The lowest BCUT2D eigenvalue weighted by molar-refractivity contribution is -0.0248. The molecule has 0 bridgehead atoms. The van der Waals surface area contributed by atoms with Gasteiger partial charge in [-0.25, -0.2) is 4.98 Å². The van der Waals surface area contributed by atoms with E-state index in [-0.39, 0.29) is 12.0 Å². The maximum Gasteiger partial charge on any atom is 0.257 e. The molecule has 1 amide bonds. The number of aromatic nitrogens is 1. The molecule has 0 unspecified atom stereocenters. The maximum atomic E-state index is 13.0. The number of fused-ring (bicyclic) bond motifs is 1. The first-order chi connectivity index (χ1) is 12.2. The van der Waals surface area contributed by atoms with Crippen molar-refractivity contribution in [3.05, 3.63) is 47.7 Å². The quantitative estimate of drug-likeness (QED) is 0.894. The Morgan fingerprint density at radius 1 is 1.12 bits per heavy atom. The van der Waals surface area contributed by atoms with Crippen molar-refractivity contribution in [2.75, 3.05) is 38.6 Å². The number of ether oxygens (including phenoxy) is 3. The molecule has 2 N–H and O–H groups in total. The number of benzene rings is 1. The number of amides is 1. The van der Waals surface area contributed by atoms with Crippen LogP contribution < -0.4 is 15.2 Å². The summed E-state index contributed by atoms with van der Waals surface area (Å²) in [5.74, 6) is 1.47. The number of hydrogen-bond acceptors (Lipinski definition) is 6. The summed E-state index contributed by atoms with van der Waals surface area (Å²) in [6, 6.07) is 10.8. The number of pyridine rings is 1. The fourth-order valence-electron chi connectivity index (χ4n) is 3.07. The number of morpholine rings is 1. The molecule has 0 aliphatic carbocycles. The number of carbonyl (C=O) groups is 1. The van der Waals surface area contributed by atoms with Gasteiger partial charge in [-0.15, -0.1) is 0 Å². The molecule has 7 nitrogen and oxygen atoms in total. The van der Waals surface area contributed by atoms with Crippen LogP contribution in [0.5, 0.6) is 11.5 Å². The van der Waals surface area contributed by atoms with Crippen LogP contribution in [0.3, 0.4) is 0 Å². The summed E-state index contributed by atoms with van der Waals surface area (Å²) in [6.07, 6.45) is -0.294. The molecular weight excluding hydrogens is 322 g/mol. The fraction of sp³-hybridized carbons (Fsp3) is 0.333. The predicted octanol–water partition coefficient (Wildman–Crippen LogP) is 1.65. The van der Waals surface area contributed by atoms with E-state index in [1.165, 1.54) is 0 Å². The number of carbonyl (C=O) groups excluding carboxylic acids is 1. The van der Waals surface area contributed by atoms with Gasteiger partial charge in [0, 0.05) is 6.54 Å². The summed E-state index contributed by atoms with van der Waals surface area (Å²) in [7, 11) is 0. The third-order valence-electron chi connectivity index (χ3n) is 4.27. The second kappa shape index (κ2) is 6.60. The van der Waals surface area contributed by atoms with Gasteiger partial charge in [-0.2, -0.15) is 0 Å². The topological polar surface area (TPSA) is 86.9 Å². The number of nitrogens with zero attached hydrogens (tertiary/aromatic N) is 2. The average Bonchev–Trinajstić information content (AvgIpc) is 2.67. The summed E-state index contributed by atoms with van der Waals surface area (Å²) >= 11 is 0. The van der Waals surface area contributed by atoms with Crippen molar-refractivity contribution in [1.29, 1.82) is 0 Å². The van der Waals surface area contributed by atoms with Crippen molar-refractivity contribution in [3.8, 4) is 11.5 Å². The van der Waals surface area contributed by atoms with E-state index in [1.807, 2.05) is 18.2 Å². The Morgan fingerprint density at radius 3 is 2.84 bits per heavy atom. The zero-order chi connectivity index (χ0) is 17.2. The minimum atomic E-state index is -0.294. The first kappa shape index (κ1) is 15.7. The molecule has 4 rings (SSSR count). The van der Waals surface area contributed by atoms with Gasteiger partial charge < -0.3 is 24.8 Å². The molecule has 1 aromatic heterocycles. The Kier molecular flexibility index (Phi) is 4.15. The van der Waals surface area contributed by atoms with Gasteiger partial charge >= 0.3 is 0 Å². The van der Waals surface area contributed by atoms with Gasteiger partial charge in [-0.1, -0.05) is 12.1 Å². The number of para-hydroxylation sites is 1. The van der Waals surface area contributed by atoms with E-state index in [9.17, 15) is 4.79 Å². The van der Waals surface area contributed by atoms with Crippen LogP contribution >= 0.6 is 0 Å². The predicted molar refractivity (Wildman–Crippen MR) is 90.7 cm³/mol.